The lowest BCUT2D eigenvalue weighted by Crippen LogP contribution is -2.14. The number of hydrogen-bond acceptors (Lipinski definition) is 5. The summed E-state index contributed by atoms with van der Waals surface area (Å²) in [6, 6.07) is 8.22. The summed E-state index contributed by atoms with van der Waals surface area (Å²) in [6.07, 6.45) is 3.58. The summed E-state index contributed by atoms with van der Waals surface area (Å²) in [7, 11) is 2.85. The number of methoxy groups -OCH3 is 2. The normalized spacial score (nSPS) is 15.1. The number of H-pyrrole nitrogens is 1. The largest absolute Gasteiger partial charge is 0.496 e. The van der Waals surface area contributed by atoms with Crippen molar-refractivity contribution in [2.24, 2.45) is 5.41 Å². The van der Waals surface area contributed by atoms with Crippen molar-refractivity contribution in [3.63, 3.8) is 0 Å². The number of carbonyl (C=O) groups is 1. The SMILES string of the molecule is CC1(C)CCCCC1.COC(=O)CCc1cc2[nH]c(Nc3ccc(C(F)(F)F)cc3)nc2cc1OC. The molecule has 6 nitrogen and oxygen atoms in total. The number of esters is 1. The number of imidazole rings is 1. The summed E-state index contributed by atoms with van der Waals surface area (Å²) in [6.45, 7) is 4.76. The number of carbonyl (C=O) groups excluding carboxylic acids is 1. The van der Waals surface area contributed by atoms with Crippen molar-refractivity contribution in [2.75, 3.05) is 19.5 Å². The molecule has 1 aliphatic rings. The number of fused-ring (bicyclic) bond motifs is 1. The van der Waals surface area contributed by atoms with Crippen LogP contribution in [0.4, 0.5) is 24.8 Å². The molecule has 9 heteroatoms. The Balaban J connectivity index is 0.000000383. The highest BCUT2D eigenvalue weighted by Gasteiger charge is 2.30. The first-order chi connectivity index (χ1) is 17.0. The van der Waals surface area contributed by atoms with E-state index in [-0.39, 0.29) is 12.4 Å². The van der Waals surface area contributed by atoms with Crippen LogP contribution in [0.5, 0.6) is 5.75 Å². The van der Waals surface area contributed by atoms with Crippen molar-refractivity contribution >= 4 is 28.6 Å². The van der Waals surface area contributed by atoms with Crippen LogP contribution in [0.1, 0.15) is 63.5 Å². The van der Waals surface area contributed by atoms with Crippen LogP contribution in [0.15, 0.2) is 36.4 Å². The van der Waals surface area contributed by atoms with E-state index in [1.807, 2.05) is 6.07 Å². The molecule has 1 saturated carbocycles. The third-order valence-electron chi connectivity index (χ3n) is 6.39. The van der Waals surface area contributed by atoms with Crippen molar-refractivity contribution in [3.05, 3.63) is 47.5 Å². The minimum Gasteiger partial charge on any atom is -0.496 e. The molecule has 1 aromatic heterocycles. The van der Waals surface area contributed by atoms with Crippen molar-refractivity contribution in [3.8, 4) is 5.75 Å². The van der Waals surface area contributed by atoms with E-state index in [2.05, 4.69) is 33.9 Å². The summed E-state index contributed by atoms with van der Waals surface area (Å²) in [5, 5.41) is 2.94. The molecule has 4 rings (SSSR count). The van der Waals surface area contributed by atoms with Gasteiger partial charge in [0.05, 0.1) is 30.8 Å². The third kappa shape index (κ3) is 7.63. The number of halogens is 3. The van der Waals surface area contributed by atoms with Gasteiger partial charge in [0, 0.05) is 18.2 Å². The zero-order valence-electron chi connectivity index (χ0n) is 21.2. The molecule has 0 spiro atoms. The van der Waals surface area contributed by atoms with Gasteiger partial charge < -0.3 is 19.8 Å². The fourth-order valence-electron chi connectivity index (χ4n) is 4.25. The van der Waals surface area contributed by atoms with Crippen molar-refractivity contribution in [2.45, 2.75) is 65.0 Å². The van der Waals surface area contributed by atoms with Gasteiger partial charge in [0.2, 0.25) is 5.95 Å². The topological polar surface area (TPSA) is 76.2 Å². The highest BCUT2D eigenvalue weighted by atomic mass is 19.4. The van der Waals surface area contributed by atoms with E-state index in [4.69, 9.17) is 4.74 Å². The van der Waals surface area contributed by atoms with Crippen molar-refractivity contribution in [1.82, 2.24) is 9.97 Å². The average Bonchev–Trinajstić information content (AvgIpc) is 3.22. The van der Waals surface area contributed by atoms with Gasteiger partial charge in [-0.25, -0.2) is 4.98 Å². The van der Waals surface area contributed by atoms with Crippen molar-refractivity contribution in [1.29, 1.82) is 0 Å². The lowest BCUT2D eigenvalue weighted by molar-refractivity contribution is -0.140. The van der Waals surface area contributed by atoms with Gasteiger partial charge in [0.15, 0.2) is 0 Å². The number of aromatic amines is 1. The van der Waals surface area contributed by atoms with Crippen molar-refractivity contribution < 1.29 is 27.4 Å². The lowest BCUT2D eigenvalue weighted by Gasteiger charge is -2.28. The van der Waals surface area contributed by atoms with Gasteiger partial charge in [-0.05, 0) is 60.6 Å². The monoisotopic (exact) mass is 505 g/mol. The van der Waals surface area contributed by atoms with Gasteiger partial charge >= 0.3 is 12.1 Å². The van der Waals surface area contributed by atoms with Gasteiger partial charge in [0.25, 0.3) is 0 Å². The van der Waals surface area contributed by atoms with E-state index in [0.717, 1.165) is 17.7 Å². The van der Waals surface area contributed by atoms with E-state index < -0.39 is 11.7 Å². The Morgan fingerprint density at radius 2 is 1.75 bits per heavy atom. The number of aromatic nitrogens is 2. The molecule has 1 fully saturated rings. The Kier molecular flexibility index (Phi) is 8.87. The number of hydrogen-bond donors (Lipinski definition) is 2. The summed E-state index contributed by atoms with van der Waals surface area (Å²) >= 11 is 0. The number of anilines is 2. The molecule has 1 heterocycles. The van der Waals surface area contributed by atoms with Crippen LogP contribution in [0.25, 0.3) is 11.0 Å². The van der Waals surface area contributed by atoms with Crippen LogP contribution in [0, 0.1) is 5.41 Å². The van der Waals surface area contributed by atoms with Crippen LogP contribution in [-0.2, 0) is 22.1 Å². The molecule has 0 unspecified atom stereocenters. The first kappa shape index (κ1) is 27.4. The summed E-state index contributed by atoms with van der Waals surface area (Å²) in [5.41, 5.74) is 2.55. The highest BCUT2D eigenvalue weighted by molar-refractivity contribution is 5.81. The standard InChI is InChI=1S/C19H18F3N3O3.C8H16/c1-27-16-10-15-14(9-11(16)3-8-17(26)28-2)24-18(25-15)23-13-6-4-12(5-7-13)19(20,21)22;1-8(2)6-4-3-5-7-8/h4-7,9-10H,3,8H2,1-2H3,(H2,23,24,25);3-7H2,1-2H3. The maximum absolute atomic E-state index is 12.7. The maximum atomic E-state index is 12.7. The second-order valence-electron chi connectivity index (χ2n) is 9.77. The van der Waals surface area contributed by atoms with E-state index in [1.54, 1.807) is 6.07 Å². The minimum absolute atomic E-state index is 0.211. The van der Waals surface area contributed by atoms with E-state index >= 15 is 0 Å². The van der Waals surface area contributed by atoms with Gasteiger partial charge in [-0.15, -0.1) is 0 Å². The molecule has 3 aromatic rings. The lowest BCUT2D eigenvalue weighted by atomic mass is 9.78. The maximum Gasteiger partial charge on any atom is 0.416 e. The van der Waals surface area contributed by atoms with Crippen LogP contribution in [0.2, 0.25) is 0 Å². The predicted octanol–water partition coefficient (Wildman–Crippen LogP) is 7.42. The number of benzene rings is 2. The zero-order valence-corrected chi connectivity index (χ0v) is 21.2. The molecule has 0 aliphatic heterocycles. The molecular weight excluding hydrogens is 471 g/mol. The van der Waals surface area contributed by atoms with Crippen LogP contribution >= 0.6 is 0 Å². The van der Waals surface area contributed by atoms with E-state index in [0.29, 0.717) is 40.3 Å². The molecule has 0 saturated heterocycles. The smallest absolute Gasteiger partial charge is 0.416 e. The number of ether oxygens (including phenoxy) is 2. The van der Waals surface area contributed by atoms with Crippen LogP contribution in [-0.4, -0.2) is 30.2 Å². The van der Waals surface area contributed by atoms with Crippen LogP contribution in [0.3, 0.4) is 0 Å². The first-order valence-electron chi connectivity index (χ1n) is 12.1. The molecule has 196 valence electrons. The predicted molar refractivity (Wildman–Crippen MR) is 135 cm³/mol. The highest BCUT2D eigenvalue weighted by Crippen LogP contribution is 2.34. The zero-order chi connectivity index (χ0) is 26.3. The molecule has 0 atom stereocenters. The fraction of sp³-hybridized carbons (Fsp3) is 0.481. The van der Waals surface area contributed by atoms with Crippen LogP contribution < -0.4 is 10.1 Å². The molecule has 1 aliphatic carbocycles. The van der Waals surface area contributed by atoms with E-state index in [1.165, 1.54) is 58.5 Å². The van der Waals surface area contributed by atoms with Gasteiger partial charge in [-0.2, -0.15) is 13.2 Å². The molecule has 2 aromatic carbocycles. The number of nitrogens with zero attached hydrogens (tertiary/aromatic N) is 1. The number of rotatable bonds is 6. The molecule has 2 N–H and O–H groups in total. The number of nitrogens with one attached hydrogen (secondary N) is 2. The Labute approximate surface area is 209 Å². The Morgan fingerprint density at radius 1 is 1.08 bits per heavy atom. The Morgan fingerprint density at radius 3 is 2.28 bits per heavy atom. The van der Waals surface area contributed by atoms with Gasteiger partial charge in [-0.1, -0.05) is 33.1 Å². The summed E-state index contributed by atoms with van der Waals surface area (Å²) < 4.78 is 48.0. The summed E-state index contributed by atoms with van der Waals surface area (Å²) in [4.78, 5) is 18.8. The molecular formula is C27H34F3N3O3. The molecule has 0 bridgehead atoms. The van der Waals surface area contributed by atoms with Gasteiger partial charge in [-0.3, -0.25) is 4.79 Å². The number of alkyl halides is 3. The molecule has 0 radical (unpaired) electrons. The third-order valence-corrected chi connectivity index (χ3v) is 6.39. The fourth-order valence-corrected chi connectivity index (χ4v) is 4.25. The van der Waals surface area contributed by atoms with E-state index in [9.17, 15) is 18.0 Å². The Hall–Kier alpha value is -3.23. The second-order valence-corrected chi connectivity index (χ2v) is 9.77. The summed E-state index contributed by atoms with van der Waals surface area (Å²) in [5.74, 6) is 0.641. The first-order valence-corrected chi connectivity index (χ1v) is 12.1. The average molecular weight is 506 g/mol. The Bertz CT molecular complexity index is 1150. The molecule has 0 amide bonds. The van der Waals surface area contributed by atoms with Gasteiger partial charge in [0.1, 0.15) is 5.75 Å². The second kappa shape index (κ2) is 11.7. The minimum atomic E-state index is -4.38. The number of aryl methyl sites for hydroxylation is 1. The quantitative estimate of drug-likeness (QED) is 0.341. The molecule has 36 heavy (non-hydrogen) atoms.